The van der Waals surface area contributed by atoms with E-state index in [-0.39, 0.29) is 28.6 Å². The third-order valence-corrected chi connectivity index (χ3v) is 12.0. The van der Waals surface area contributed by atoms with Crippen molar-refractivity contribution >= 4 is 40.2 Å². The Morgan fingerprint density at radius 3 is 2.55 bits per heavy atom. The van der Waals surface area contributed by atoms with Gasteiger partial charge in [0, 0.05) is 75.8 Å². The molecule has 3 aliphatic rings. The summed E-state index contributed by atoms with van der Waals surface area (Å²) in [7, 11) is 6.33. The molecule has 2 aromatic carbocycles. The predicted molar refractivity (Wildman–Crippen MR) is 211 cm³/mol. The molecule has 1 spiro atoms. The van der Waals surface area contributed by atoms with Gasteiger partial charge in [0.25, 0.3) is 5.56 Å². The van der Waals surface area contributed by atoms with Crippen molar-refractivity contribution < 1.29 is 14.3 Å². The molecule has 1 aliphatic carbocycles. The fraction of sp³-hybridized carbons (Fsp3) is 0.400. The van der Waals surface area contributed by atoms with E-state index in [0.29, 0.717) is 29.9 Å². The van der Waals surface area contributed by atoms with E-state index in [0.717, 1.165) is 89.1 Å². The average molecular weight is 766 g/mol. The van der Waals surface area contributed by atoms with Gasteiger partial charge in [-0.25, -0.2) is 24.5 Å². The molecule has 0 bridgehead atoms. The van der Waals surface area contributed by atoms with E-state index < -0.39 is 11.2 Å². The quantitative estimate of drug-likeness (QED) is 0.211. The monoisotopic (exact) mass is 765 g/mol. The molecule has 5 heterocycles. The van der Waals surface area contributed by atoms with Crippen molar-refractivity contribution in [1.29, 1.82) is 0 Å². The Bertz CT molecular complexity index is 2470. The van der Waals surface area contributed by atoms with Gasteiger partial charge in [-0.1, -0.05) is 41.9 Å². The molecule has 2 saturated heterocycles. The first-order chi connectivity index (χ1) is 26.5. The van der Waals surface area contributed by atoms with Gasteiger partial charge < -0.3 is 25.0 Å². The zero-order valence-corrected chi connectivity index (χ0v) is 32.4. The molecule has 15 heteroatoms. The normalized spacial score (nSPS) is 19.6. The number of nitrogens with one attached hydrogen (secondary N) is 2. The number of halogens is 1. The first-order valence-electron chi connectivity index (χ1n) is 18.5. The number of amides is 2. The Labute approximate surface area is 323 Å². The Morgan fingerprint density at radius 1 is 1.00 bits per heavy atom. The fourth-order valence-electron chi connectivity index (χ4n) is 8.57. The lowest BCUT2D eigenvalue weighted by molar-refractivity contribution is 0.114. The van der Waals surface area contributed by atoms with Crippen LogP contribution in [-0.4, -0.2) is 92.5 Å². The maximum atomic E-state index is 13.2. The number of benzene rings is 2. The first-order valence-corrected chi connectivity index (χ1v) is 18.9. The van der Waals surface area contributed by atoms with Crippen LogP contribution in [0.2, 0.25) is 5.02 Å². The Balaban J connectivity index is 1.07. The van der Waals surface area contributed by atoms with Crippen LogP contribution in [-0.2, 0) is 25.3 Å². The summed E-state index contributed by atoms with van der Waals surface area (Å²) in [5.41, 5.74) is 6.20. The van der Waals surface area contributed by atoms with Gasteiger partial charge in [-0.2, -0.15) is 0 Å². The lowest BCUT2D eigenvalue weighted by atomic mass is 9.92. The molecule has 0 saturated carbocycles. The van der Waals surface area contributed by atoms with Gasteiger partial charge in [0.05, 0.1) is 30.0 Å². The van der Waals surface area contributed by atoms with Crippen LogP contribution in [0.15, 0.2) is 58.4 Å². The Kier molecular flexibility index (Phi) is 9.60. The van der Waals surface area contributed by atoms with Crippen molar-refractivity contribution in [3.8, 4) is 28.3 Å². The van der Waals surface area contributed by atoms with Crippen molar-refractivity contribution in [1.82, 2.24) is 39.2 Å². The number of carbonyl (C=O) groups excluding carboxylic acids is 1. The number of aromatic nitrogens is 5. The van der Waals surface area contributed by atoms with E-state index in [1.807, 2.05) is 48.2 Å². The van der Waals surface area contributed by atoms with Gasteiger partial charge in [0.15, 0.2) is 5.65 Å². The number of hydrogen-bond donors (Lipinski definition) is 2. The van der Waals surface area contributed by atoms with Crippen LogP contribution < -0.4 is 26.6 Å². The third kappa shape index (κ3) is 6.31. The van der Waals surface area contributed by atoms with E-state index in [4.69, 9.17) is 26.1 Å². The number of ether oxygens (including phenoxy) is 2. The van der Waals surface area contributed by atoms with Crippen LogP contribution in [0.3, 0.4) is 0 Å². The number of pyridine rings is 1. The fourth-order valence-corrected chi connectivity index (χ4v) is 8.90. The summed E-state index contributed by atoms with van der Waals surface area (Å²) in [5, 5.41) is 7.43. The minimum absolute atomic E-state index is 0.0151. The number of rotatable bonds is 9. The maximum Gasteiger partial charge on any atom is 0.332 e. The summed E-state index contributed by atoms with van der Waals surface area (Å²) in [6.45, 7) is 5.50. The maximum absolute atomic E-state index is 13.2. The number of hydrogen-bond acceptors (Lipinski definition) is 10. The summed E-state index contributed by atoms with van der Waals surface area (Å²) in [5.74, 6) is 0.894. The third-order valence-electron chi connectivity index (χ3n) is 11.6. The highest BCUT2D eigenvalue weighted by molar-refractivity contribution is 6.36. The molecule has 0 radical (unpaired) electrons. The van der Waals surface area contributed by atoms with E-state index in [2.05, 4.69) is 31.6 Å². The minimum Gasteiger partial charge on any atom is -0.481 e. The molecule has 286 valence electrons. The van der Waals surface area contributed by atoms with Crippen LogP contribution >= 0.6 is 11.6 Å². The molecule has 8 rings (SSSR count). The molecule has 2 fully saturated rings. The van der Waals surface area contributed by atoms with Gasteiger partial charge in [0.1, 0.15) is 17.5 Å². The molecular weight excluding hydrogens is 722 g/mol. The van der Waals surface area contributed by atoms with Gasteiger partial charge in [0.2, 0.25) is 5.88 Å². The van der Waals surface area contributed by atoms with Gasteiger partial charge in [-0.3, -0.25) is 18.8 Å². The second-order valence-corrected chi connectivity index (χ2v) is 15.1. The molecule has 5 aromatic rings. The average Bonchev–Trinajstić information content (AvgIpc) is 3.81. The molecule has 3 aromatic heterocycles. The number of methoxy groups -OCH3 is 2. The summed E-state index contributed by atoms with van der Waals surface area (Å²) >= 11 is 7.27. The van der Waals surface area contributed by atoms with Crippen LogP contribution in [0.4, 0.5) is 16.3 Å². The van der Waals surface area contributed by atoms with Crippen LogP contribution in [0.5, 0.6) is 5.88 Å². The standard InChI is InChI=1S/C40H44ClN9O5/c1-23-25(8-7-11-28(23)44-34-32-35(43-22-42-34)47(2)39(53)48(3)37(32)51)26-9-6-10-27(33(26)41)29-20-24-12-13-30(31(24)36(45-29)55-5)50-17-15-40(21-50)14-16-49(18-19-54-4)38(52)46-40/h6-11,20,22,30H,12-19,21H2,1-5H3,(H,46,52)(H,42,43,44). The molecule has 14 nitrogen and oxygen atoms in total. The van der Waals surface area contributed by atoms with Crippen molar-refractivity contribution in [3.05, 3.63) is 91.3 Å². The second-order valence-electron chi connectivity index (χ2n) is 14.7. The van der Waals surface area contributed by atoms with Crippen LogP contribution in [0.1, 0.15) is 42.0 Å². The Hall–Kier alpha value is -5.31. The highest BCUT2D eigenvalue weighted by Gasteiger charge is 2.46. The van der Waals surface area contributed by atoms with Crippen molar-refractivity contribution in [2.75, 3.05) is 52.3 Å². The number of nitrogens with zero attached hydrogens (tertiary/aromatic N) is 7. The van der Waals surface area contributed by atoms with E-state index >= 15 is 0 Å². The van der Waals surface area contributed by atoms with E-state index in [1.54, 1.807) is 21.3 Å². The largest absolute Gasteiger partial charge is 0.481 e. The van der Waals surface area contributed by atoms with Crippen LogP contribution in [0.25, 0.3) is 33.4 Å². The minimum atomic E-state index is -0.484. The van der Waals surface area contributed by atoms with Crippen molar-refractivity contribution in [2.24, 2.45) is 14.1 Å². The van der Waals surface area contributed by atoms with Crippen LogP contribution in [0, 0.1) is 6.92 Å². The molecule has 55 heavy (non-hydrogen) atoms. The van der Waals surface area contributed by atoms with Gasteiger partial charge >= 0.3 is 11.7 Å². The zero-order chi connectivity index (χ0) is 38.6. The SMILES string of the molecule is COCCN1CCC2(CCN(C3CCc4cc(-c5cccc(-c6cccc(Nc7ncnc8c7c(=O)n(C)c(=O)n8C)c6C)c5Cl)nc(OC)c43)C2)NC1=O. The summed E-state index contributed by atoms with van der Waals surface area (Å²) in [6.07, 6.45) is 4.96. The smallest absolute Gasteiger partial charge is 0.332 e. The molecule has 2 amide bonds. The summed E-state index contributed by atoms with van der Waals surface area (Å²) < 4.78 is 13.6. The number of aryl methyl sites for hydroxylation is 2. The highest BCUT2D eigenvalue weighted by Crippen LogP contribution is 2.47. The van der Waals surface area contributed by atoms with Crippen molar-refractivity contribution in [3.63, 3.8) is 0 Å². The number of fused-ring (bicyclic) bond motifs is 2. The number of likely N-dealkylation sites (tertiary alicyclic amines) is 1. The molecular formula is C40H44ClN9O5. The predicted octanol–water partition coefficient (Wildman–Crippen LogP) is 4.96. The molecule has 2 atom stereocenters. The van der Waals surface area contributed by atoms with Gasteiger partial charge in [-0.15, -0.1) is 0 Å². The van der Waals surface area contributed by atoms with Crippen molar-refractivity contribution in [2.45, 2.75) is 44.2 Å². The summed E-state index contributed by atoms with van der Waals surface area (Å²) in [6, 6.07) is 14.0. The lowest BCUT2D eigenvalue weighted by Crippen LogP contribution is -2.61. The first kappa shape index (κ1) is 36.7. The number of anilines is 2. The molecule has 2 aliphatic heterocycles. The van der Waals surface area contributed by atoms with E-state index in [9.17, 15) is 14.4 Å². The van der Waals surface area contributed by atoms with E-state index in [1.165, 1.54) is 23.5 Å². The molecule has 2 N–H and O–H groups in total. The lowest BCUT2D eigenvalue weighted by Gasteiger charge is -2.40. The zero-order valence-electron chi connectivity index (χ0n) is 31.6. The van der Waals surface area contributed by atoms with Gasteiger partial charge in [-0.05, 0) is 61.4 Å². The molecule has 2 unspecified atom stereocenters. The Morgan fingerprint density at radius 2 is 1.76 bits per heavy atom. The number of carbonyl (C=O) groups is 1. The topological polar surface area (TPSA) is 149 Å². The number of urea groups is 1. The summed E-state index contributed by atoms with van der Waals surface area (Å²) in [4.78, 5) is 56.7. The highest BCUT2D eigenvalue weighted by atomic mass is 35.5. The second kappa shape index (κ2) is 14.4.